The number of nitriles is 1. The summed E-state index contributed by atoms with van der Waals surface area (Å²) in [4.78, 5) is 0. The van der Waals surface area contributed by atoms with Gasteiger partial charge in [-0.05, 0) is 34.4 Å². The zero-order valence-electron chi connectivity index (χ0n) is 25.5. The van der Waals surface area contributed by atoms with Gasteiger partial charge in [0.05, 0.1) is 39.1 Å². The van der Waals surface area contributed by atoms with Crippen molar-refractivity contribution in [2.75, 3.05) is 12.4 Å². The van der Waals surface area contributed by atoms with Crippen LogP contribution in [0.3, 0.4) is 0 Å². The quantitative estimate of drug-likeness (QED) is 0.112. The molecular weight excluding hydrogens is 582 g/mol. The van der Waals surface area contributed by atoms with E-state index in [1.54, 1.807) is 11.8 Å². The Bertz CT molecular complexity index is 1400. The average Bonchev–Trinajstić information content (AvgIpc) is 3.10. The van der Waals surface area contributed by atoms with Crippen LogP contribution in [0.15, 0.2) is 121 Å². The van der Waals surface area contributed by atoms with Gasteiger partial charge < -0.3 is 23.7 Å². The minimum absolute atomic E-state index is 0.334. The van der Waals surface area contributed by atoms with E-state index in [1.165, 1.54) is 0 Å². The summed E-state index contributed by atoms with van der Waals surface area (Å²) in [6.45, 7) is 2.03. The predicted molar refractivity (Wildman–Crippen MR) is 177 cm³/mol. The Morgan fingerprint density at radius 1 is 0.578 bits per heavy atom. The molecule has 0 amide bonds. The minimum Gasteiger partial charge on any atom is -0.374 e. The Balaban J connectivity index is 1.42. The summed E-state index contributed by atoms with van der Waals surface area (Å²) in [6.07, 6.45) is -0.456. The van der Waals surface area contributed by atoms with Gasteiger partial charge in [-0.15, -0.1) is 11.8 Å². The molecule has 7 heteroatoms. The van der Waals surface area contributed by atoms with Crippen molar-refractivity contribution in [3.8, 4) is 6.07 Å². The molecule has 0 aliphatic carbocycles. The normalized spacial score (nSPS) is 21.3. The zero-order chi connectivity index (χ0) is 30.9. The molecule has 0 aromatic heterocycles. The summed E-state index contributed by atoms with van der Waals surface area (Å²) in [5, 5.41) is 9.14. The first-order chi connectivity index (χ1) is 22.3. The number of nitrogens with zero attached hydrogens (tertiary/aromatic N) is 1. The average molecular weight is 624 g/mol. The van der Waals surface area contributed by atoms with Gasteiger partial charge in [0.2, 0.25) is 0 Å². The number of thioether (sulfide) groups is 1. The molecule has 0 N–H and O–H groups in total. The topological polar surface area (TPSA) is 69.9 Å². The van der Waals surface area contributed by atoms with E-state index in [4.69, 9.17) is 28.9 Å². The lowest BCUT2D eigenvalue weighted by molar-refractivity contribution is -0.254. The van der Waals surface area contributed by atoms with Crippen molar-refractivity contribution in [1.29, 1.82) is 5.26 Å². The van der Waals surface area contributed by atoms with Gasteiger partial charge in [-0.3, -0.25) is 0 Å². The first kappa shape index (κ1) is 32.9. The molecule has 1 fully saturated rings. The molecule has 4 aromatic carbocycles. The molecule has 0 bridgehead atoms. The van der Waals surface area contributed by atoms with Gasteiger partial charge in [0, 0.05) is 6.42 Å². The van der Waals surface area contributed by atoms with Crippen LogP contribution in [-0.2, 0) is 50.1 Å². The summed E-state index contributed by atoms with van der Waals surface area (Å²) in [5.74, 6) is 0.766. The summed E-state index contributed by atoms with van der Waals surface area (Å²) in [5.41, 5.74) is 3.97. The molecule has 6 nitrogen and oxygen atoms in total. The van der Waals surface area contributed by atoms with Gasteiger partial charge in [0.15, 0.2) is 0 Å². The lowest BCUT2D eigenvalue weighted by Gasteiger charge is -2.46. The maximum atomic E-state index is 9.14. The van der Waals surface area contributed by atoms with Crippen LogP contribution in [0.25, 0.3) is 0 Å². The molecule has 1 aliphatic heterocycles. The van der Waals surface area contributed by atoms with Crippen molar-refractivity contribution in [2.24, 2.45) is 0 Å². The summed E-state index contributed by atoms with van der Waals surface area (Å²) in [6, 6.07) is 42.8. The van der Waals surface area contributed by atoms with E-state index in [0.29, 0.717) is 39.5 Å². The summed E-state index contributed by atoms with van der Waals surface area (Å²) in [7, 11) is 0. The molecule has 0 unspecified atom stereocenters. The SMILES string of the molecule is N#CCCCS[C@@H]1O[C@H](COCc2ccccc2)[C@@H](OCc2ccccc2)[C@H](OCc2ccccc2)[C@H]1OCc1ccccc1. The lowest BCUT2D eigenvalue weighted by Crippen LogP contribution is -2.60. The second-order valence-corrected chi connectivity index (χ2v) is 12.2. The van der Waals surface area contributed by atoms with Gasteiger partial charge >= 0.3 is 0 Å². The summed E-state index contributed by atoms with van der Waals surface area (Å²) < 4.78 is 33.2. The Labute approximate surface area is 271 Å². The summed E-state index contributed by atoms with van der Waals surface area (Å²) >= 11 is 1.67. The third kappa shape index (κ3) is 10.5. The van der Waals surface area contributed by atoms with E-state index in [1.807, 2.05) is 72.8 Å². The fourth-order valence-corrected chi connectivity index (χ4v) is 6.42. The van der Waals surface area contributed by atoms with Gasteiger partial charge in [-0.2, -0.15) is 5.26 Å². The smallest absolute Gasteiger partial charge is 0.132 e. The van der Waals surface area contributed by atoms with Crippen molar-refractivity contribution >= 4 is 11.8 Å². The Morgan fingerprint density at radius 3 is 1.51 bits per heavy atom. The third-order valence-corrected chi connectivity index (χ3v) is 8.79. The van der Waals surface area contributed by atoms with E-state index in [9.17, 15) is 0 Å². The van der Waals surface area contributed by atoms with Crippen LogP contribution >= 0.6 is 11.8 Å². The Hall–Kier alpha value is -3.48. The van der Waals surface area contributed by atoms with E-state index in [2.05, 4.69) is 54.6 Å². The van der Waals surface area contributed by atoms with Crippen molar-refractivity contribution < 1.29 is 23.7 Å². The minimum atomic E-state index is -0.457. The zero-order valence-corrected chi connectivity index (χ0v) is 26.3. The number of benzene rings is 4. The van der Waals surface area contributed by atoms with Gasteiger partial charge in [0.25, 0.3) is 0 Å². The second kappa shape index (κ2) is 18.5. The first-order valence-electron chi connectivity index (χ1n) is 15.5. The van der Waals surface area contributed by atoms with Crippen LogP contribution in [0.4, 0.5) is 0 Å². The fourth-order valence-electron chi connectivity index (χ4n) is 5.23. The van der Waals surface area contributed by atoms with E-state index in [0.717, 1.165) is 34.4 Å². The highest BCUT2D eigenvalue weighted by Gasteiger charge is 2.48. The number of hydrogen-bond donors (Lipinski definition) is 0. The highest BCUT2D eigenvalue weighted by molar-refractivity contribution is 7.99. The van der Waals surface area contributed by atoms with Gasteiger partial charge in [-0.25, -0.2) is 0 Å². The Morgan fingerprint density at radius 2 is 1.02 bits per heavy atom. The monoisotopic (exact) mass is 623 g/mol. The van der Waals surface area contributed by atoms with Crippen LogP contribution in [-0.4, -0.2) is 42.2 Å². The van der Waals surface area contributed by atoms with E-state index < -0.39 is 24.4 Å². The number of unbranched alkanes of at least 4 members (excludes halogenated alkanes) is 1. The van der Waals surface area contributed by atoms with Gasteiger partial charge in [-0.1, -0.05) is 121 Å². The van der Waals surface area contributed by atoms with E-state index >= 15 is 0 Å². The number of rotatable bonds is 17. The Kier molecular flexibility index (Phi) is 13.5. The standard InChI is InChI=1S/C38H41NO5S/c39-23-13-14-24-45-38-37(43-28-33-21-11-4-12-22-33)36(42-27-32-19-9-3-10-20-32)35(41-26-31-17-7-2-8-18-31)34(44-38)29-40-25-30-15-5-1-6-16-30/h1-12,15-22,34-38H,13-14,24-29H2/t34-,35-,36+,37-,38+/m1/s1. The van der Waals surface area contributed by atoms with Crippen molar-refractivity contribution in [2.45, 2.75) is 69.1 Å². The molecule has 0 radical (unpaired) electrons. The molecule has 1 saturated heterocycles. The molecule has 5 rings (SSSR count). The molecule has 0 spiro atoms. The van der Waals surface area contributed by atoms with Gasteiger partial charge in [0.1, 0.15) is 29.9 Å². The largest absolute Gasteiger partial charge is 0.374 e. The van der Waals surface area contributed by atoms with Crippen LogP contribution < -0.4 is 0 Å². The molecular formula is C38H41NO5S. The highest BCUT2D eigenvalue weighted by Crippen LogP contribution is 2.36. The third-order valence-electron chi connectivity index (χ3n) is 7.56. The van der Waals surface area contributed by atoms with Crippen LogP contribution in [0.2, 0.25) is 0 Å². The molecule has 5 atom stereocenters. The molecule has 1 heterocycles. The van der Waals surface area contributed by atoms with E-state index in [-0.39, 0.29) is 5.44 Å². The van der Waals surface area contributed by atoms with Crippen LogP contribution in [0.5, 0.6) is 0 Å². The maximum Gasteiger partial charge on any atom is 0.132 e. The van der Waals surface area contributed by atoms with Crippen molar-refractivity contribution in [1.82, 2.24) is 0 Å². The number of ether oxygens (including phenoxy) is 5. The molecule has 0 saturated carbocycles. The molecule has 4 aromatic rings. The highest BCUT2D eigenvalue weighted by atomic mass is 32.2. The van der Waals surface area contributed by atoms with Crippen molar-refractivity contribution in [3.05, 3.63) is 144 Å². The first-order valence-corrected chi connectivity index (χ1v) is 16.6. The molecule has 234 valence electrons. The van der Waals surface area contributed by atoms with Crippen LogP contribution in [0, 0.1) is 11.3 Å². The lowest BCUT2D eigenvalue weighted by atomic mass is 9.98. The fraction of sp³-hybridized carbons (Fsp3) is 0.342. The maximum absolute atomic E-state index is 9.14. The van der Waals surface area contributed by atoms with Crippen LogP contribution in [0.1, 0.15) is 35.1 Å². The molecule has 1 aliphatic rings. The second-order valence-electron chi connectivity index (χ2n) is 11.0. The predicted octanol–water partition coefficient (Wildman–Crippen LogP) is 7.72. The van der Waals surface area contributed by atoms with Crippen molar-refractivity contribution in [3.63, 3.8) is 0 Å². The number of hydrogen-bond acceptors (Lipinski definition) is 7. The molecule has 45 heavy (non-hydrogen) atoms.